The van der Waals surface area contributed by atoms with Crippen LogP contribution in [0.5, 0.6) is 0 Å². The van der Waals surface area contributed by atoms with Crippen molar-refractivity contribution in [1.82, 2.24) is 9.97 Å². The molecular weight excluding hydrogens is 468 g/mol. The molecule has 0 radical (unpaired) electrons. The van der Waals surface area contributed by atoms with Crippen molar-refractivity contribution in [3.05, 3.63) is 59.2 Å². The Labute approximate surface area is 209 Å². The van der Waals surface area contributed by atoms with E-state index in [-0.39, 0.29) is 24.6 Å². The Hall–Kier alpha value is -2.92. The molecule has 4 atom stereocenters. The number of hydrogen-bond donors (Lipinski definition) is 0. The lowest BCUT2D eigenvalue weighted by Gasteiger charge is -2.31. The second-order valence-corrected chi connectivity index (χ2v) is 9.05. The minimum absolute atomic E-state index is 0.0323. The summed E-state index contributed by atoms with van der Waals surface area (Å²) >= 11 is 0. The maximum absolute atomic E-state index is 12.9. The van der Waals surface area contributed by atoms with Crippen LogP contribution in [0.4, 0.5) is 0 Å². The van der Waals surface area contributed by atoms with Gasteiger partial charge in [0.2, 0.25) is 0 Å². The van der Waals surface area contributed by atoms with E-state index >= 15 is 0 Å². The Morgan fingerprint density at radius 2 is 1.14 bits per heavy atom. The SMILES string of the molecule is O=C1O[C@@H]2CCCO[C@@H]2COCc2cccc(n2)COC[C@H]2OCCC[C@H]2OC(=O)c2cccc1n2. The molecular formula is C26H30N2O8. The normalized spacial score (nSPS) is 28.1. The number of carbonyl (C=O) groups excluding carboxylic acids is 2. The molecule has 2 fully saturated rings. The summed E-state index contributed by atoms with van der Waals surface area (Å²) in [5.41, 5.74) is 1.59. The molecule has 0 N–H and O–H groups in total. The van der Waals surface area contributed by atoms with E-state index in [0.29, 0.717) is 39.3 Å². The molecule has 4 bridgehead atoms. The third kappa shape index (κ3) is 6.25. The van der Waals surface area contributed by atoms with Crippen LogP contribution in [0.2, 0.25) is 0 Å². The molecule has 0 aliphatic carbocycles. The lowest BCUT2D eigenvalue weighted by atomic mass is 10.1. The molecule has 3 aliphatic heterocycles. The van der Waals surface area contributed by atoms with Crippen LogP contribution in [0.1, 0.15) is 58.0 Å². The third-order valence-corrected chi connectivity index (χ3v) is 6.37. The first-order valence-corrected chi connectivity index (χ1v) is 12.4. The monoisotopic (exact) mass is 498 g/mol. The van der Waals surface area contributed by atoms with E-state index in [4.69, 9.17) is 28.4 Å². The van der Waals surface area contributed by atoms with Crippen molar-refractivity contribution in [2.45, 2.75) is 63.3 Å². The van der Waals surface area contributed by atoms with Crippen LogP contribution < -0.4 is 0 Å². The van der Waals surface area contributed by atoms with Gasteiger partial charge in [-0.25, -0.2) is 14.6 Å². The zero-order valence-electron chi connectivity index (χ0n) is 20.0. The second kappa shape index (κ2) is 11.9. The third-order valence-electron chi connectivity index (χ3n) is 6.37. The fourth-order valence-electron chi connectivity index (χ4n) is 4.51. The number of hydrogen-bond acceptors (Lipinski definition) is 10. The summed E-state index contributed by atoms with van der Waals surface area (Å²) in [4.78, 5) is 34.6. The molecule has 2 aromatic rings. The highest BCUT2D eigenvalue weighted by atomic mass is 16.6. The van der Waals surface area contributed by atoms with Gasteiger partial charge in [0.1, 0.15) is 35.8 Å². The summed E-state index contributed by atoms with van der Waals surface area (Å²) in [5.74, 6) is -1.25. The maximum atomic E-state index is 12.9. The molecule has 5 rings (SSSR count). The number of nitrogens with zero attached hydrogens (tertiary/aromatic N) is 2. The average Bonchev–Trinajstić information content (AvgIpc) is 2.90. The van der Waals surface area contributed by atoms with Crippen LogP contribution in [-0.2, 0) is 41.6 Å². The highest BCUT2D eigenvalue weighted by Crippen LogP contribution is 2.22. The molecule has 0 saturated carbocycles. The van der Waals surface area contributed by atoms with E-state index in [1.54, 1.807) is 6.07 Å². The zero-order valence-corrected chi connectivity index (χ0v) is 20.0. The molecule has 192 valence electrons. The Kier molecular flexibility index (Phi) is 8.17. The molecule has 36 heavy (non-hydrogen) atoms. The molecule has 5 heterocycles. The van der Waals surface area contributed by atoms with Crippen LogP contribution in [0, 0.1) is 0 Å². The number of carbonyl (C=O) groups is 2. The molecule has 3 aliphatic rings. The molecule has 2 aromatic heterocycles. The fraction of sp³-hybridized carbons (Fsp3) is 0.538. The van der Waals surface area contributed by atoms with Gasteiger partial charge in [-0.05, 0) is 49.9 Å². The van der Waals surface area contributed by atoms with Gasteiger partial charge >= 0.3 is 11.9 Å². The van der Waals surface area contributed by atoms with Gasteiger partial charge in [0.15, 0.2) is 0 Å². The van der Waals surface area contributed by atoms with Gasteiger partial charge in [-0.15, -0.1) is 0 Å². The smallest absolute Gasteiger partial charge is 0.357 e. The highest BCUT2D eigenvalue weighted by Gasteiger charge is 2.32. The van der Waals surface area contributed by atoms with E-state index in [9.17, 15) is 9.59 Å². The maximum Gasteiger partial charge on any atom is 0.357 e. The first kappa shape index (κ1) is 24.8. The predicted molar refractivity (Wildman–Crippen MR) is 124 cm³/mol. The van der Waals surface area contributed by atoms with Crippen LogP contribution in [0.15, 0.2) is 36.4 Å². The van der Waals surface area contributed by atoms with Crippen LogP contribution in [0.3, 0.4) is 0 Å². The Bertz CT molecular complexity index is 989. The van der Waals surface area contributed by atoms with Crippen LogP contribution >= 0.6 is 0 Å². The molecule has 2 saturated heterocycles. The zero-order chi connectivity index (χ0) is 24.7. The number of aromatic nitrogens is 2. The van der Waals surface area contributed by atoms with Gasteiger partial charge in [0, 0.05) is 13.2 Å². The molecule has 0 aromatic carbocycles. The van der Waals surface area contributed by atoms with Gasteiger partial charge in [-0.3, -0.25) is 4.98 Å². The van der Waals surface area contributed by atoms with E-state index in [1.807, 2.05) is 18.2 Å². The van der Waals surface area contributed by atoms with Gasteiger partial charge < -0.3 is 28.4 Å². The number of rotatable bonds is 0. The van der Waals surface area contributed by atoms with Crippen LogP contribution in [-0.4, -0.2) is 72.7 Å². The van der Waals surface area contributed by atoms with Gasteiger partial charge in [-0.2, -0.15) is 0 Å². The topological polar surface area (TPSA) is 115 Å². The summed E-state index contributed by atoms with van der Waals surface area (Å²) < 4.78 is 34.9. The summed E-state index contributed by atoms with van der Waals surface area (Å²) in [5, 5.41) is 0. The number of esters is 2. The summed E-state index contributed by atoms with van der Waals surface area (Å²) in [7, 11) is 0. The van der Waals surface area contributed by atoms with Crippen molar-refractivity contribution in [2.24, 2.45) is 0 Å². The highest BCUT2D eigenvalue weighted by molar-refractivity contribution is 5.91. The van der Waals surface area contributed by atoms with Gasteiger partial charge in [-0.1, -0.05) is 12.1 Å². The number of ether oxygens (including phenoxy) is 6. The van der Waals surface area contributed by atoms with E-state index in [1.165, 1.54) is 12.1 Å². The molecule has 10 nitrogen and oxygen atoms in total. The van der Waals surface area contributed by atoms with Gasteiger partial charge in [0.25, 0.3) is 0 Å². The quantitative estimate of drug-likeness (QED) is 0.502. The van der Waals surface area contributed by atoms with E-state index in [2.05, 4.69) is 9.97 Å². The molecule has 0 spiro atoms. The van der Waals surface area contributed by atoms with E-state index in [0.717, 1.165) is 24.2 Å². The van der Waals surface area contributed by atoms with Crippen molar-refractivity contribution >= 4 is 11.9 Å². The second-order valence-electron chi connectivity index (χ2n) is 9.05. The van der Waals surface area contributed by atoms with Gasteiger partial charge in [0.05, 0.1) is 37.8 Å². The largest absolute Gasteiger partial charge is 0.455 e. The Balaban J connectivity index is 1.37. The summed E-state index contributed by atoms with van der Waals surface area (Å²) in [6, 6.07) is 10.3. The molecule has 0 unspecified atom stereocenters. The Morgan fingerprint density at radius 3 is 1.67 bits per heavy atom. The first-order chi connectivity index (χ1) is 17.7. The average molecular weight is 499 g/mol. The lowest BCUT2D eigenvalue weighted by Crippen LogP contribution is -2.41. The molecule has 0 amide bonds. The number of pyridine rings is 2. The summed E-state index contributed by atoms with van der Waals surface area (Å²) in [6.07, 6.45) is 1.05. The minimum atomic E-state index is -0.624. The standard InChI is InChI=1S/C26H30N2O8/c29-25-19-7-2-8-20(28-19)26(30)36-22-10-4-12-34-24(22)16-32-14-18-6-1-5-17(27-18)13-31-15-23-21(35-25)9-3-11-33-23/h1-2,5-8,21-24H,3-4,9-16H2/t21-,22-,23-,24-/m1/s1. The van der Waals surface area contributed by atoms with Crippen LogP contribution in [0.25, 0.3) is 0 Å². The Morgan fingerprint density at radius 1 is 0.639 bits per heavy atom. The van der Waals surface area contributed by atoms with Crippen molar-refractivity contribution in [3.8, 4) is 0 Å². The fourth-order valence-corrected chi connectivity index (χ4v) is 4.51. The number of fused-ring (bicyclic) bond motifs is 6. The summed E-state index contributed by atoms with van der Waals surface area (Å²) in [6.45, 7) is 2.22. The van der Waals surface area contributed by atoms with Crippen molar-refractivity contribution < 1.29 is 38.0 Å². The van der Waals surface area contributed by atoms with Crippen molar-refractivity contribution in [2.75, 3.05) is 26.4 Å². The lowest BCUT2D eigenvalue weighted by molar-refractivity contribution is -0.116. The molecule has 10 heteroatoms. The first-order valence-electron chi connectivity index (χ1n) is 12.4. The van der Waals surface area contributed by atoms with Crippen molar-refractivity contribution in [1.29, 1.82) is 0 Å². The predicted octanol–water partition coefficient (Wildman–Crippen LogP) is 2.63. The van der Waals surface area contributed by atoms with Crippen molar-refractivity contribution in [3.63, 3.8) is 0 Å². The minimum Gasteiger partial charge on any atom is -0.455 e. The van der Waals surface area contributed by atoms with E-state index < -0.39 is 36.4 Å².